The molecule has 1 aliphatic heterocycles. The van der Waals surface area contributed by atoms with Crippen molar-refractivity contribution in [3.63, 3.8) is 0 Å². The first kappa shape index (κ1) is 12.8. The van der Waals surface area contributed by atoms with Crippen molar-refractivity contribution in [3.05, 3.63) is 29.1 Å². The number of hydrogen-bond acceptors (Lipinski definition) is 3. The SMILES string of the molecule is COCc1cc2c(cn1)CN(C(=O)C(F)(F)F)C2. The number of pyridine rings is 1. The molecule has 0 N–H and O–H groups in total. The first-order valence-electron chi connectivity index (χ1n) is 5.23. The summed E-state index contributed by atoms with van der Waals surface area (Å²) >= 11 is 0. The van der Waals surface area contributed by atoms with Crippen LogP contribution in [0.15, 0.2) is 12.3 Å². The van der Waals surface area contributed by atoms with Gasteiger partial charge in [0.2, 0.25) is 0 Å². The van der Waals surface area contributed by atoms with Crippen LogP contribution in [-0.2, 0) is 29.2 Å². The van der Waals surface area contributed by atoms with E-state index < -0.39 is 12.1 Å². The van der Waals surface area contributed by atoms with E-state index in [1.54, 1.807) is 6.07 Å². The van der Waals surface area contributed by atoms with Gasteiger partial charge in [0.05, 0.1) is 12.3 Å². The third kappa shape index (κ3) is 2.45. The summed E-state index contributed by atoms with van der Waals surface area (Å²) in [4.78, 5) is 15.9. The molecule has 0 aromatic carbocycles. The molecule has 0 saturated carbocycles. The number of aromatic nitrogens is 1. The van der Waals surface area contributed by atoms with E-state index >= 15 is 0 Å². The fraction of sp³-hybridized carbons (Fsp3) is 0.455. The summed E-state index contributed by atoms with van der Waals surface area (Å²) in [6.45, 7) is 0.210. The van der Waals surface area contributed by atoms with Crippen LogP contribution in [0.4, 0.5) is 13.2 Å². The highest BCUT2D eigenvalue weighted by atomic mass is 19.4. The van der Waals surface area contributed by atoms with Gasteiger partial charge in [0.1, 0.15) is 0 Å². The Bertz CT molecular complexity index is 474. The molecule has 1 amide bonds. The highest BCUT2D eigenvalue weighted by molar-refractivity contribution is 5.82. The van der Waals surface area contributed by atoms with Gasteiger partial charge >= 0.3 is 12.1 Å². The average molecular weight is 260 g/mol. The Morgan fingerprint density at radius 1 is 1.44 bits per heavy atom. The van der Waals surface area contributed by atoms with Crippen LogP contribution in [-0.4, -0.2) is 29.1 Å². The Labute approximate surface area is 101 Å². The molecule has 2 heterocycles. The molecule has 0 atom stereocenters. The molecule has 7 heteroatoms. The summed E-state index contributed by atoms with van der Waals surface area (Å²) in [5, 5.41) is 0. The highest BCUT2D eigenvalue weighted by Crippen LogP contribution is 2.27. The lowest BCUT2D eigenvalue weighted by Crippen LogP contribution is -2.37. The minimum Gasteiger partial charge on any atom is -0.378 e. The number of methoxy groups -OCH3 is 1. The standard InChI is InChI=1S/C11H11F3N2O2/c1-18-6-9-2-7-4-16(5-8(7)3-15-9)10(17)11(12,13)14/h2-3H,4-6H2,1H3. The second-order valence-electron chi connectivity index (χ2n) is 4.04. The molecule has 0 saturated heterocycles. The van der Waals surface area contributed by atoms with E-state index in [-0.39, 0.29) is 13.1 Å². The van der Waals surface area contributed by atoms with Crippen LogP contribution in [0.5, 0.6) is 0 Å². The normalized spacial score (nSPS) is 14.8. The molecule has 1 aliphatic rings. The fourth-order valence-corrected chi connectivity index (χ4v) is 1.88. The van der Waals surface area contributed by atoms with Crippen molar-refractivity contribution in [1.82, 2.24) is 9.88 Å². The average Bonchev–Trinajstić information content (AvgIpc) is 2.70. The number of nitrogens with zero attached hydrogens (tertiary/aromatic N) is 2. The van der Waals surface area contributed by atoms with Gasteiger partial charge in [-0.25, -0.2) is 0 Å². The summed E-state index contributed by atoms with van der Waals surface area (Å²) in [7, 11) is 1.51. The Morgan fingerprint density at radius 3 is 2.72 bits per heavy atom. The molecule has 0 bridgehead atoms. The zero-order valence-electron chi connectivity index (χ0n) is 9.62. The third-order valence-corrected chi connectivity index (χ3v) is 2.68. The molecular weight excluding hydrogens is 249 g/mol. The largest absolute Gasteiger partial charge is 0.471 e. The van der Waals surface area contributed by atoms with Crippen LogP contribution >= 0.6 is 0 Å². The lowest BCUT2D eigenvalue weighted by Gasteiger charge is -2.16. The summed E-state index contributed by atoms with van der Waals surface area (Å²) in [5.74, 6) is -1.81. The van der Waals surface area contributed by atoms with Crippen LogP contribution in [0.2, 0.25) is 0 Å². The maximum Gasteiger partial charge on any atom is 0.471 e. The van der Waals surface area contributed by atoms with Gasteiger partial charge in [0, 0.05) is 26.4 Å². The minimum absolute atomic E-state index is 0.0348. The molecule has 0 unspecified atom stereocenters. The lowest BCUT2D eigenvalue weighted by molar-refractivity contribution is -0.186. The second kappa shape index (κ2) is 4.56. The van der Waals surface area contributed by atoms with Gasteiger partial charge in [-0.2, -0.15) is 13.2 Å². The number of hydrogen-bond donors (Lipinski definition) is 0. The van der Waals surface area contributed by atoms with Crippen molar-refractivity contribution in [2.75, 3.05) is 7.11 Å². The summed E-state index contributed by atoms with van der Waals surface area (Å²) in [6, 6.07) is 1.67. The van der Waals surface area contributed by atoms with Gasteiger partial charge in [-0.1, -0.05) is 0 Å². The first-order valence-corrected chi connectivity index (χ1v) is 5.23. The number of ether oxygens (including phenoxy) is 1. The minimum atomic E-state index is -4.83. The zero-order valence-corrected chi connectivity index (χ0v) is 9.62. The zero-order chi connectivity index (χ0) is 13.3. The lowest BCUT2D eigenvalue weighted by atomic mass is 10.1. The second-order valence-corrected chi connectivity index (χ2v) is 4.04. The summed E-state index contributed by atoms with van der Waals surface area (Å²) < 4.78 is 41.8. The number of alkyl halides is 3. The monoisotopic (exact) mass is 260 g/mol. The molecule has 0 aliphatic carbocycles. The van der Waals surface area contributed by atoms with E-state index in [0.29, 0.717) is 23.4 Å². The number of amides is 1. The van der Waals surface area contributed by atoms with Gasteiger partial charge in [-0.15, -0.1) is 0 Å². The van der Waals surface area contributed by atoms with Gasteiger partial charge in [0.25, 0.3) is 0 Å². The molecule has 98 valence electrons. The number of carbonyl (C=O) groups excluding carboxylic acids is 1. The van der Waals surface area contributed by atoms with Crippen molar-refractivity contribution in [2.24, 2.45) is 0 Å². The van der Waals surface area contributed by atoms with Crippen LogP contribution in [0, 0.1) is 0 Å². The van der Waals surface area contributed by atoms with Crippen LogP contribution < -0.4 is 0 Å². The summed E-state index contributed by atoms with van der Waals surface area (Å²) in [5.41, 5.74) is 1.97. The number of rotatable bonds is 2. The molecule has 1 aromatic rings. The number of carbonyl (C=O) groups is 1. The molecule has 0 radical (unpaired) electrons. The predicted octanol–water partition coefficient (Wildman–Crippen LogP) is 1.63. The van der Waals surface area contributed by atoms with E-state index in [2.05, 4.69) is 4.98 Å². The van der Waals surface area contributed by atoms with E-state index in [0.717, 1.165) is 4.90 Å². The molecule has 1 aromatic heterocycles. The number of fused-ring (bicyclic) bond motifs is 1. The fourth-order valence-electron chi connectivity index (χ4n) is 1.88. The van der Waals surface area contributed by atoms with Crippen LogP contribution in [0.3, 0.4) is 0 Å². The molecule has 4 nitrogen and oxygen atoms in total. The van der Waals surface area contributed by atoms with E-state index in [9.17, 15) is 18.0 Å². The van der Waals surface area contributed by atoms with Gasteiger partial charge in [-0.05, 0) is 17.2 Å². The van der Waals surface area contributed by atoms with Crippen molar-refractivity contribution in [1.29, 1.82) is 0 Å². The molecule has 0 fully saturated rings. The van der Waals surface area contributed by atoms with Crippen molar-refractivity contribution in [3.8, 4) is 0 Å². The Balaban J connectivity index is 2.15. The van der Waals surface area contributed by atoms with E-state index in [4.69, 9.17) is 4.74 Å². The quantitative estimate of drug-likeness (QED) is 0.811. The molecule has 0 spiro atoms. The molecule has 2 rings (SSSR count). The van der Waals surface area contributed by atoms with Crippen molar-refractivity contribution >= 4 is 5.91 Å². The van der Waals surface area contributed by atoms with Crippen LogP contribution in [0.1, 0.15) is 16.8 Å². The topological polar surface area (TPSA) is 42.4 Å². The van der Waals surface area contributed by atoms with Gasteiger partial charge in [-0.3, -0.25) is 9.78 Å². The van der Waals surface area contributed by atoms with E-state index in [1.807, 2.05) is 0 Å². The first-order chi connectivity index (χ1) is 8.41. The maximum absolute atomic E-state index is 12.3. The summed E-state index contributed by atoms with van der Waals surface area (Å²) in [6.07, 6.45) is -3.34. The van der Waals surface area contributed by atoms with Crippen LogP contribution in [0.25, 0.3) is 0 Å². The number of halogens is 3. The molecule has 18 heavy (non-hydrogen) atoms. The smallest absolute Gasteiger partial charge is 0.378 e. The Kier molecular flexibility index (Phi) is 3.25. The van der Waals surface area contributed by atoms with Gasteiger partial charge < -0.3 is 9.64 Å². The molecular formula is C11H11F3N2O2. The third-order valence-electron chi connectivity index (χ3n) is 2.68. The van der Waals surface area contributed by atoms with E-state index in [1.165, 1.54) is 13.3 Å². The van der Waals surface area contributed by atoms with Crippen molar-refractivity contribution in [2.45, 2.75) is 25.9 Å². The maximum atomic E-state index is 12.3. The van der Waals surface area contributed by atoms with Gasteiger partial charge in [0.15, 0.2) is 0 Å². The highest BCUT2D eigenvalue weighted by Gasteiger charge is 2.44. The van der Waals surface area contributed by atoms with Crippen molar-refractivity contribution < 1.29 is 22.7 Å². The Morgan fingerprint density at radius 2 is 2.11 bits per heavy atom. The Hall–Kier alpha value is -1.63. The predicted molar refractivity (Wildman–Crippen MR) is 55.3 cm³/mol.